The fourth-order valence-corrected chi connectivity index (χ4v) is 2.10. The molecule has 0 saturated carbocycles. The maximum absolute atomic E-state index is 12.5. The highest BCUT2D eigenvalue weighted by atomic mass is 32.2. The van der Waals surface area contributed by atoms with Gasteiger partial charge in [-0.25, -0.2) is 0 Å². The van der Waals surface area contributed by atoms with Gasteiger partial charge in [-0.1, -0.05) is 23.9 Å². The van der Waals surface area contributed by atoms with E-state index in [0.717, 1.165) is 0 Å². The third kappa shape index (κ3) is 4.15. The highest BCUT2D eigenvalue weighted by Gasteiger charge is 2.12. The van der Waals surface area contributed by atoms with Gasteiger partial charge in [0.25, 0.3) is 5.76 Å². The highest BCUT2D eigenvalue weighted by molar-refractivity contribution is 7.99. The number of benzene rings is 1. The summed E-state index contributed by atoms with van der Waals surface area (Å²) in [5.74, 6) is -1.99. The summed E-state index contributed by atoms with van der Waals surface area (Å²) >= 11 is 0.450. The number of para-hydroxylation sites is 1. The molecule has 2 aromatic rings. The number of hydrogen-bond donors (Lipinski definition) is 2. The van der Waals surface area contributed by atoms with E-state index in [2.05, 4.69) is 25.6 Å². The molecule has 2 rings (SSSR count). The van der Waals surface area contributed by atoms with Gasteiger partial charge in [0.2, 0.25) is 11.9 Å². The average Bonchev–Trinajstić information content (AvgIpc) is 2.48. The molecule has 9 heteroatoms. The van der Waals surface area contributed by atoms with Crippen LogP contribution in [0.25, 0.3) is 0 Å². The number of ether oxygens (including phenoxy) is 1. The molecule has 1 heterocycles. The van der Waals surface area contributed by atoms with Crippen LogP contribution in [0.3, 0.4) is 0 Å². The Bertz CT molecular complexity index is 592. The Labute approximate surface area is 124 Å². The smallest absolute Gasteiger partial charge is 0.322 e. The van der Waals surface area contributed by atoms with Gasteiger partial charge in [0.15, 0.2) is 0 Å². The Hall–Kier alpha value is -2.16. The fraction of sp³-hybridized carbons (Fsp3) is 0.250. The van der Waals surface area contributed by atoms with E-state index >= 15 is 0 Å². The summed E-state index contributed by atoms with van der Waals surface area (Å²) < 4.78 is 30.0. The zero-order chi connectivity index (χ0) is 15.2. The second-order valence-corrected chi connectivity index (χ2v) is 4.75. The van der Waals surface area contributed by atoms with Gasteiger partial charge in [-0.3, -0.25) is 0 Å². The Morgan fingerprint density at radius 2 is 1.86 bits per heavy atom. The van der Waals surface area contributed by atoms with Crippen LogP contribution >= 0.6 is 11.8 Å². The third-order valence-electron chi connectivity index (χ3n) is 2.37. The molecule has 0 aliphatic rings. The number of anilines is 3. The molecule has 0 amide bonds. The maximum Gasteiger partial charge on any atom is 0.322 e. The summed E-state index contributed by atoms with van der Waals surface area (Å²) in [6.07, 6.45) is 0. The van der Waals surface area contributed by atoms with Gasteiger partial charge < -0.3 is 15.4 Å². The van der Waals surface area contributed by atoms with Gasteiger partial charge in [-0.2, -0.15) is 23.7 Å². The number of alkyl halides is 2. The highest BCUT2D eigenvalue weighted by Crippen LogP contribution is 2.32. The largest absolute Gasteiger partial charge is 0.467 e. The normalized spacial score (nSPS) is 10.5. The van der Waals surface area contributed by atoms with Gasteiger partial charge in [-0.05, 0) is 12.1 Å². The lowest BCUT2D eigenvalue weighted by Gasteiger charge is -2.11. The van der Waals surface area contributed by atoms with E-state index in [1.807, 2.05) is 0 Å². The number of halogens is 2. The zero-order valence-corrected chi connectivity index (χ0v) is 12.1. The van der Waals surface area contributed by atoms with E-state index in [1.54, 1.807) is 31.3 Å². The van der Waals surface area contributed by atoms with Crippen LogP contribution in [0.5, 0.6) is 6.01 Å². The molecule has 0 saturated heterocycles. The van der Waals surface area contributed by atoms with Crippen molar-refractivity contribution in [2.45, 2.75) is 10.7 Å². The molecule has 0 unspecified atom stereocenters. The summed E-state index contributed by atoms with van der Waals surface area (Å²) in [5.41, 5.74) is 0.484. The molecule has 112 valence electrons. The molecule has 0 atom stereocenters. The zero-order valence-electron chi connectivity index (χ0n) is 11.3. The first-order valence-electron chi connectivity index (χ1n) is 5.91. The lowest BCUT2D eigenvalue weighted by atomic mass is 10.3. The minimum atomic E-state index is -2.51. The van der Waals surface area contributed by atoms with E-state index in [4.69, 9.17) is 4.74 Å². The first-order valence-corrected chi connectivity index (χ1v) is 6.79. The monoisotopic (exact) mass is 313 g/mol. The minimum absolute atomic E-state index is 0.121. The molecule has 0 radical (unpaired) electrons. The summed E-state index contributed by atoms with van der Waals surface area (Å²) in [5, 5.41) is 5.66. The molecule has 0 fully saturated rings. The number of nitrogens with one attached hydrogen (secondary N) is 2. The van der Waals surface area contributed by atoms with Crippen molar-refractivity contribution < 1.29 is 13.5 Å². The standard InChI is InChI=1S/C12H13F2N5OS/c1-15-10-17-11(19-12(18-10)20-2)16-7-5-3-4-6-8(7)21-9(13)14/h3-6,9H,1-2H3,(H2,15,16,17,18,19). The van der Waals surface area contributed by atoms with E-state index in [0.29, 0.717) is 28.3 Å². The molecule has 0 aliphatic heterocycles. The van der Waals surface area contributed by atoms with Crippen LogP contribution in [0.2, 0.25) is 0 Å². The Morgan fingerprint density at radius 1 is 1.14 bits per heavy atom. The molecule has 0 bridgehead atoms. The van der Waals surface area contributed by atoms with Gasteiger partial charge in [0, 0.05) is 11.9 Å². The predicted octanol–water partition coefficient (Wildman–Crippen LogP) is 2.98. The molecule has 6 nitrogen and oxygen atoms in total. The lowest BCUT2D eigenvalue weighted by Crippen LogP contribution is -2.06. The topological polar surface area (TPSA) is 72.0 Å². The van der Waals surface area contributed by atoms with E-state index in [1.165, 1.54) is 7.11 Å². The van der Waals surface area contributed by atoms with Crippen molar-refractivity contribution in [1.29, 1.82) is 0 Å². The quantitative estimate of drug-likeness (QED) is 0.794. The third-order valence-corrected chi connectivity index (χ3v) is 3.16. The summed E-state index contributed by atoms with van der Waals surface area (Å²) in [7, 11) is 3.08. The summed E-state index contributed by atoms with van der Waals surface area (Å²) in [6.45, 7) is 0. The molecule has 0 spiro atoms. The Kier molecular flexibility index (Phi) is 5.09. The fourth-order valence-electron chi connectivity index (χ4n) is 1.50. The number of methoxy groups -OCH3 is 1. The van der Waals surface area contributed by atoms with E-state index in [-0.39, 0.29) is 12.0 Å². The second kappa shape index (κ2) is 7.02. The molecule has 1 aromatic carbocycles. The molecule has 21 heavy (non-hydrogen) atoms. The lowest BCUT2D eigenvalue weighted by molar-refractivity contribution is 0.252. The van der Waals surface area contributed by atoms with Crippen molar-refractivity contribution in [3.05, 3.63) is 24.3 Å². The molecular formula is C12H13F2N5OS. The van der Waals surface area contributed by atoms with Crippen molar-refractivity contribution in [1.82, 2.24) is 15.0 Å². The van der Waals surface area contributed by atoms with Crippen molar-refractivity contribution in [2.24, 2.45) is 0 Å². The number of nitrogens with zero attached hydrogens (tertiary/aromatic N) is 3. The van der Waals surface area contributed by atoms with Crippen molar-refractivity contribution in [3.8, 4) is 6.01 Å². The van der Waals surface area contributed by atoms with Crippen LogP contribution in [0.1, 0.15) is 0 Å². The van der Waals surface area contributed by atoms with Crippen LogP contribution < -0.4 is 15.4 Å². The maximum atomic E-state index is 12.5. The van der Waals surface area contributed by atoms with Crippen molar-refractivity contribution in [2.75, 3.05) is 24.8 Å². The van der Waals surface area contributed by atoms with Gasteiger partial charge in [0.1, 0.15) is 0 Å². The second-order valence-electron chi connectivity index (χ2n) is 3.72. The number of aromatic nitrogens is 3. The Morgan fingerprint density at radius 3 is 2.52 bits per heavy atom. The predicted molar refractivity (Wildman–Crippen MR) is 77.5 cm³/mol. The van der Waals surface area contributed by atoms with Gasteiger partial charge in [-0.15, -0.1) is 0 Å². The van der Waals surface area contributed by atoms with Gasteiger partial charge >= 0.3 is 6.01 Å². The van der Waals surface area contributed by atoms with Crippen molar-refractivity contribution in [3.63, 3.8) is 0 Å². The van der Waals surface area contributed by atoms with Crippen LogP contribution in [-0.4, -0.2) is 34.9 Å². The SMILES string of the molecule is CNc1nc(Nc2ccccc2SC(F)F)nc(OC)n1. The average molecular weight is 313 g/mol. The molecule has 2 N–H and O–H groups in total. The Balaban J connectivity index is 2.29. The first kappa shape index (κ1) is 15.2. The molecule has 1 aromatic heterocycles. The number of hydrogen-bond acceptors (Lipinski definition) is 7. The van der Waals surface area contributed by atoms with Gasteiger partial charge in [0.05, 0.1) is 12.8 Å². The van der Waals surface area contributed by atoms with E-state index < -0.39 is 5.76 Å². The van der Waals surface area contributed by atoms with Crippen LogP contribution in [0.15, 0.2) is 29.2 Å². The molecule has 0 aliphatic carbocycles. The van der Waals surface area contributed by atoms with E-state index in [9.17, 15) is 8.78 Å². The number of thioether (sulfide) groups is 1. The molecular weight excluding hydrogens is 300 g/mol. The minimum Gasteiger partial charge on any atom is -0.467 e. The first-order chi connectivity index (χ1) is 10.1. The van der Waals surface area contributed by atoms with Crippen LogP contribution in [0.4, 0.5) is 26.4 Å². The summed E-state index contributed by atoms with van der Waals surface area (Å²) in [4.78, 5) is 12.5. The summed E-state index contributed by atoms with van der Waals surface area (Å²) in [6, 6.07) is 6.80. The van der Waals surface area contributed by atoms with Crippen LogP contribution in [0, 0.1) is 0 Å². The number of rotatable bonds is 6. The van der Waals surface area contributed by atoms with Crippen molar-refractivity contribution >= 4 is 29.3 Å². The van der Waals surface area contributed by atoms with Crippen LogP contribution in [-0.2, 0) is 0 Å².